The van der Waals surface area contributed by atoms with Crippen molar-refractivity contribution in [3.05, 3.63) is 239 Å². The number of fused-ring (bicyclic) bond motifs is 8. The summed E-state index contributed by atoms with van der Waals surface area (Å²) in [6.45, 7) is 9.26. The summed E-state index contributed by atoms with van der Waals surface area (Å²) in [6.07, 6.45) is 20.1. The summed E-state index contributed by atoms with van der Waals surface area (Å²) < 4.78 is 153. The monoisotopic (exact) mass is 1860 g/mol. The smallest absolute Gasteiger partial charge is 0.297 e. The number of benzene rings is 2. The molecule has 8 aliphatic heterocycles. The van der Waals surface area contributed by atoms with E-state index in [1.807, 2.05) is 89.7 Å². The number of phenols is 1. The summed E-state index contributed by atoms with van der Waals surface area (Å²) in [4.78, 5) is 18.8. The average Bonchev–Trinajstić information content (AvgIpc) is 1.53. The van der Waals surface area contributed by atoms with Crippen LogP contribution in [-0.2, 0) is 91.2 Å². The lowest BCUT2D eigenvalue weighted by Gasteiger charge is -2.47. The van der Waals surface area contributed by atoms with Crippen LogP contribution < -0.4 is 26.0 Å². The topological polar surface area (TPSA) is 289 Å². The molecule has 656 valence electrons. The number of aromatic hydroxyl groups is 1. The maximum atomic E-state index is 14.5. The number of phenolic OH excluding ortho intramolecular Hbond substituents is 1. The van der Waals surface area contributed by atoms with Crippen LogP contribution in [0.3, 0.4) is 0 Å². The molecule has 4 saturated heterocycles. The van der Waals surface area contributed by atoms with Gasteiger partial charge in [-0.05, 0) is 120 Å². The van der Waals surface area contributed by atoms with E-state index in [-0.39, 0.29) is 76.3 Å². The lowest BCUT2D eigenvalue weighted by molar-refractivity contribution is -0.183. The molecule has 0 bridgehead atoms. The molecule has 4 spiro atoms. The molecule has 2 aromatic carbocycles. The first-order chi connectivity index (χ1) is 59.1. The molecule has 20 rings (SSSR count). The summed E-state index contributed by atoms with van der Waals surface area (Å²) in [5, 5.41) is 58.0. The molecule has 18 heterocycles. The van der Waals surface area contributed by atoms with Gasteiger partial charge in [-0.2, -0.15) is 35.1 Å². The number of thiophene rings is 4. The highest BCUT2D eigenvalue weighted by Gasteiger charge is 2.59. The van der Waals surface area contributed by atoms with Gasteiger partial charge < -0.3 is 50.1 Å². The van der Waals surface area contributed by atoms with E-state index in [4.69, 9.17) is 70.1 Å². The number of hydrogen-bond donors (Lipinski definition) is 5. The molecule has 12 aromatic rings. The molecule has 0 radical (unpaired) electrons. The van der Waals surface area contributed by atoms with Crippen molar-refractivity contribution < 1.29 is 63.9 Å². The third-order valence-corrected chi connectivity index (χ3v) is 29.1. The Balaban J connectivity index is 0.000000117. The van der Waals surface area contributed by atoms with Crippen molar-refractivity contribution in [2.75, 3.05) is 33.5 Å². The number of piperidine rings is 4. The number of halogens is 12. The highest BCUT2D eigenvalue weighted by Crippen LogP contribution is 2.60. The van der Waals surface area contributed by atoms with E-state index in [2.05, 4.69) is 82.5 Å². The van der Waals surface area contributed by atoms with Crippen molar-refractivity contribution in [3.63, 3.8) is 0 Å². The zero-order chi connectivity index (χ0) is 87.0. The quantitative estimate of drug-likeness (QED) is 0.0670. The van der Waals surface area contributed by atoms with Crippen molar-refractivity contribution in [2.45, 2.75) is 207 Å². The second-order valence-electron chi connectivity index (χ2n) is 33.0. The third-order valence-electron chi connectivity index (χ3n) is 23.3. The van der Waals surface area contributed by atoms with Crippen LogP contribution in [-0.4, -0.2) is 143 Å². The Morgan fingerprint density at radius 1 is 0.427 bits per heavy atom. The van der Waals surface area contributed by atoms with Crippen molar-refractivity contribution in [1.82, 2.24) is 101 Å². The van der Waals surface area contributed by atoms with Crippen LogP contribution in [0.2, 0.25) is 17.3 Å². The minimum Gasteiger partial charge on any atom is -0.508 e. The van der Waals surface area contributed by atoms with Gasteiger partial charge in [-0.15, -0.1) is 65.7 Å². The van der Waals surface area contributed by atoms with Gasteiger partial charge in [0.15, 0.2) is 0 Å². The lowest BCUT2D eigenvalue weighted by atomic mass is 9.78. The zero-order valence-corrected chi connectivity index (χ0v) is 73.7. The fourth-order valence-corrected chi connectivity index (χ4v) is 23.9. The molecule has 8 aliphatic rings. The minimum atomic E-state index is -3.04. The summed E-state index contributed by atoms with van der Waals surface area (Å²) in [7, 11) is 1.63. The number of alkyl halides is 8. The summed E-state index contributed by atoms with van der Waals surface area (Å²) >= 11 is 29.3. The van der Waals surface area contributed by atoms with Crippen molar-refractivity contribution in [2.24, 2.45) is 0 Å². The summed E-state index contributed by atoms with van der Waals surface area (Å²) in [6, 6.07) is 19.6. The maximum Gasteiger partial charge on any atom is 0.297 e. The molecule has 10 aromatic heterocycles. The lowest BCUT2D eigenvalue weighted by Crippen LogP contribution is -2.51. The SMILES string of the molecule is COc1cccc(Cn2cc([C@@H]3C[C@]4(C[C@H](C)N3)OCC(F)(F)c3cc(Cl)sc34)nn2)c1.C[C@H]1C[C@@]2(C[C@@H](c3cn(Cc4cccc(O)c4)nn3)N1)OCC(F)(F)c1cc(Cl)sc12.C[C@H]1C[C@@]2(C[C@@H](c3cn(Cc4cnccn4)nn3)N1)OCC(F)(F)c1cc(Cl)sc12.Cc1ncc(Cn2cc([C@@H]3C[C@]4(C[C@H](C)N3)OCC(F)(F)c3cc(Cl)sc34)nn2)cn1. The predicted molar refractivity (Wildman–Crippen MR) is 448 cm³/mol. The number of aryl methyl sites for hydroxylation is 1. The first kappa shape index (κ1) is 87.9. The van der Waals surface area contributed by atoms with E-state index >= 15 is 0 Å². The third kappa shape index (κ3) is 18.5. The molecule has 5 N–H and O–H groups in total. The number of methoxy groups -OCH3 is 1. The van der Waals surface area contributed by atoms with Gasteiger partial charge in [-0.3, -0.25) is 9.97 Å². The van der Waals surface area contributed by atoms with Crippen molar-refractivity contribution in [3.8, 4) is 11.5 Å². The number of aromatic nitrogens is 16. The van der Waals surface area contributed by atoms with Gasteiger partial charge in [0.2, 0.25) is 0 Å². The molecule has 0 amide bonds. The summed E-state index contributed by atoms with van der Waals surface area (Å²) in [5.41, 5.74) is 3.23. The summed E-state index contributed by atoms with van der Waals surface area (Å²) in [5.74, 6) is -10.5. The molecule has 42 heteroatoms. The first-order valence-electron chi connectivity index (χ1n) is 40.0. The van der Waals surface area contributed by atoms with Gasteiger partial charge in [0.05, 0.1) is 134 Å². The van der Waals surface area contributed by atoms with Gasteiger partial charge in [0, 0.05) is 122 Å². The average molecular weight is 1870 g/mol. The number of nitrogens with zero attached hydrogens (tertiary/aromatic N) is 16. The van der Waals surface area contributed by atoms with Crippen molar-refractivity contribution in [1.29, 1.82) is 0 Å². The van der Waals surface area contributed by atoms with Crippen molar-refractivity contribution >= 4 is 91.8 Å². The fourth-order valence-electron chi connectivity index (χ4n) is 18.1. The largest absolute Gasteiger partial charge is 0.508 e. The van der Waals surface area contributed by atoms with Crippen LogP contribution in [0.5, 0.6) is 11.5 Å². The van der Waals surface area contributed by atoms with Crippen LogP contribution in [0.4, 0.5) is 35.1 Å². The van der Waals surface area contributed by atoms with E-state index in [0.29, 0.717) is 120 Å². The Hall–Kier alpha value is -8.16. The molecule has 0 saturated carbocycles. The second-order valence-corrected chi connectivity index (χ2v) is 39.7. The molecule has 4 fully saturated rings. The van der Waals surface area contributed by atoms with Gasteiger partial charge in [0.1, 0.15) is 66.2 Å². The Morgan fingerprint density at radius 2 is 0.758 bits per heavy atom. The predicted octanol–water partition coefficient (Wildman–Crippen LogP) is 17.1. The minimum absolute atomic E-state index is 0.00622. The van der Waals surface area contributed by atoms with Crippen LogP contribution in [0.25, 0.3) is 0 Å². The molecule has 124 heavy (non-hydrogen) atoms. The fraction of sp³-hybridized carbons (Fsp3) is 0.463. The Morgan fingerprint density at radius 3 is 1.09 bits per heavy atom. The zero-order valence-electron chi connectivity index (χ0n) is 67.4. The van der Waals surface area contributed by atoms with E-state index in [0.717, 1.165) is 50.9 Å². The molecule has 0 unspecified atom stereocenters. The van der Waals surface area contributed by atoms with Crippen LogP contribution in [0, 0.1) is 6.92 Å². The Kier molecular flexibility index (Phi) is 24.7. The highest BCUT2D eigenvalue weighted by molar-refractivity contribution is 7.17. The number of nitrogens with one attached hydrogen (secondary N) is 4. The first-order valence-corrected chi connectivity index (χ1v) is 44.7. The molecule has 12 atom stereocenters. The van der Waals surface area contributed by atoms with Gasteiger partial charge in [-0.25, -0.2) is 28.7 Å². The van der Waals surface area contributed by atoms with E-state index in [9.17, 15) is 40.2 Å². The van der Waals surface area contributed by atoms with Crippen LogP contribution >= 0.6 is 91.8 Å². The molecule has 26 nitrogen and oxygen atoms in total. The maximum absolute atomic E-state index is 14.5. The number of rotatable bonds is 13. The van der Waals surface area contributed by atoms with Crippen LogP contribution in [0.1, 0.15) is 196 Å². The Bertz CT molecular complexity index is 5810. The molecular formula is C82H84Cl4F8N20O6S4. The molecular weight excluding hydrogens is 1780 g/mol. The van der Waals surface area contributed by atoms with E-state index in [1.165, 1.54) is 69.6 Å². The standard InChI is InChI=1S/C22H23ClF2N4O2S.C21H21ClF2N4O2S.C20H21ClF2N6OS.C19H19ClF2N6OS/c1-13-8-21(20-16(7-19(23)32-20)22(24,25)12-31-21)9-17(26-13)18-11-29(28-27-18)10-14-4-3-5-15(6-14)30-2;1-12-7-20(19-15(6-18(22)31-19)21(23,24)11-30-20)8-16(25-12)17-10-28(27-26-17)9-13-3-2-4-14(29)5-13;1-11-4-19(18-14(3-17(21)31-18)20(22,23)10-30-19)5-15(26-11)16-9-29(28-27-16)8-13-6-24-12(2)25-7-13;1-11-5-18(17-13(4-16(20)30-17)19(21,22)10-29-18)6-14(25-11)15-9-28(27-26-15)8-12-7-23-2-3-24-12/h3-7,11,13,17,26H,8-10,12H2,1-2H3;2-6,10,12,16,25,29H,7-9,11H2,1H3;3,6-7,9,11,15,26H,4-5,8,10H2,1-2H3;2-4,7,9,11,14,25H,5-6,8,10H2,1H3/t13-,17-,21-;12-,16-,20-;11-,15-,19-;11-,14-,18-/m0000/s1. The Labute approximate surface area is 742 Å². The van der Waals surface area contributed by atoms with E-state index < -0.39 is 72.5 Å². The number of hydrogen-bond acceptors (Lipinski definition) is 26. The van der Waals surface area contributed by atoms with Gasteiger partial charge in [0.25, 0.3) is 23.7 Å². The number of ether oxygens (including phenoxy) is 5. The second kappa shape index (κ2) is 34.8. The van der Waals surface area contributed by atoms with Gasteiger partial charge >= 0.3 is 0 Å². The highest BCUT2D eigenvalue weighted by atomic mass is 35.5. The van der Waals surface area contributed by atoms with E-state index in [1.54, 1.807) is 75.0 Å². The molecule has 0 aliphatic carbocycles. The van der Waals surface area contributed by atoms with Crippen LogP contribution in [0.15, 0.2) is 129 Å². The van der Waals surface area contributed by atoms with Gasteiger partial charge in [-0.1, -0.05) is 91.5 Å². The normalized spacial score (nSPS) is 27.3.